The highest BCUT2D eigenvalue weighted by Crippen LogP contribution is 2.28. The van der Waals surface area contributed by atoms with Crippen molar-refractivity contribution in [3.8, 4) is 5.75 Å². The molecule has 9 heteroatoms. The third kappa shape index (κ3) is 8.55. The van der Waals surface area contributed by atoms with Gasteiger partial charge in [-0.1, -0.05) is 49.4 Å². The normalized spacial score (nSPS) is 11.7. The van der Waals surface area contributed by atoms with Crippen LogP contribution >= 0.6 is 11.8 Å². The summed E-state index contributed by atoms with van der Waals surface area (Å²) < 4.78 is 5.30. The molecule has 3 aromatic carbocycles. The number of thioether (sulfide) groups is 1. The number of benzene rings is 3. The highest BCUT2D eigenvalue weighted by Gasteiger charge is 2.19. The van der Waals surface area contributed by atoms with E-state index in [2.05, 4.69) is 20.9 Å². The lowest BCUT2D eigenvalue weighted by Crippen LogP contribution is -2.30. The Kier molecular flexibility index (Phi) is 10.3. The molecule has 3 N–H and O–H groups in total. The maximum Gasteiger partial charge on any atom is 0.272 e. The van der Waals surface area contributed by atoms with Crippen LogP contribution in [0.2, 0.25) is 0 Å². The van der Waals surface area contributed by atoms with Gasteiger partial charge in [0.05, 0.1) is 12.4 Å². The van der Waals surface area contributed by atoms with Gasteiger partial charge >= 0.3 is 0 Å². The monoisotopic (exact) mass is 566 g/mol. The van der Waals surface area contributed by atoms with Gasteiger partial charge in [-0.05, 0) is 72.7 Å². The summed E-state index contributed by atoms with van der Waals surface area (Å²) in [5.74, 6) is 0.0431. The number of carbonyl (C=O) groups is 3. The Labute approximate surface area is 243 Å². The van der Waals surface area contributed by atoms with Crippen LogP contribution < -0.4 is 20.7 Å². The predicted molar refractivity (Wildman–Crippen MR) is 163 cm³/mol. The van der Waals surface area contributed by atoms with Crippen molar-refractivity contribution in [1.82, 2.24) is 10.3 Å². The number of ether oxygens (including phenoxy) is 1. The second-order valence-electron chi connectivity index (χ2n) is 8.86. The lowest BCUT2D eigenvalue weighted by molar-refractivity contribution is -0.116. The van der Waals surface area contributed by atoms with E-state index in [-0.39, 0.29) is 16.9 Å². The van der Waals surface area contributed by atoms with Crippen molar-refractivity contribution in [2.75, 3.05) is 17.7 Å². The molecular formula is C32H30N4O4S. The Hall–Kier alpha value is -4.89. The lowest BCUT2D eigenvalue weighted by Gasteiger charge is -2.15. The van der Waals surface area contributed by atoms with Crippen molar-refractivity contribution < 1.29 is 19.1 Å². The zero-order chi connectivity index (χ0) is 29.0. The van der Waals surface area contributed by atoms with E-state index < -0.39 is 11.8 Å². The predicted octanol–water partition coefficient (Wildman–Crippen LogP) is 6.01. The molecule has 1 atom stereocenters. The van der Waals surface area contributed by atoms with Gasteiger partial charge in [-0.15, -0.1) is 11.8 Å². The summed E-state index contributed by atoms with van der Waals surface area (Å²) in [5, 5.41) is 8.09. The van der Waals surface area contributed by atoms with Crippen LogP contribution in [0.3, 0.4) is 0 Å². The molecule has 0 saturated carbocycles. The van der Waals surface area contributed by atoms with Gasteiger partial charge in [0.2, 0.25) is 5.91 Å². The van der Waals surface area contributed by atoms with Gasteiger partial charge in [0.25, 0.3) is 11.8 Å². The summed E-state index contributed by atoms with van der Waals surface area (Å²) >= 11 is 1.39. The largest absolute Gasteiger partial charge is 0.497 e. The van der Waals surface area contributed by atoms with Gasteiger partial charge in [-0.25, -0.2) is 4.98 Å². The summed E-state index contributed by atoms with van der Waals surface area (Å²) in [5.41, 5.74) is 1.68. The van der Waals surface area contributed by atoms with E-state index in [1.807, 2.05) is 31.2 Å². The minimum atomic E-state index is -0.501. The number of pyridine rings is 1. The smallest absolute Gasteiger partial charge is 0.272 e. The number of aromatic nitrogens is 1. The van der Waals surface area contributed by atoms with Gasteiger partial charge < -0.3 is 20.7 Å². The summed E-state index contributed by atoms with van der Waals surface area (Å²) in [4.78, 5) is 44.2. The summed E-state index contributed by atoms with van der Waals surface area (Å²) in [6, 6.07) is 28.4. The Morgan fingerprint density at radius 2 is 1.68 bits per heavy atom. The highest BCUT2D eigenvalue weighted by molar-refractivity contribution is 8.00. The first kappa shape index (κ1) is 29.1. The Balaban J connectivity index is 1.51. The maximum atomic E-state index is 13.4. The SMILES string of the molecule is CCC(Sc1cccc(NC(=O)/C(=C/c2cccc(OC)c2)NC(=O)c2ccccc2)c1)C(=O)Nc1ccccn1. The number of anilines is 2. The number of hydrogen-bond donors (Lipinski definition) is 3. The van der Waals surface area contributed by atoms with Crippen LogP contribution in [-0.4, -0.2) is 35.1 Å². The minimum Gasteiger partial charge on any atom is -0.497 e. The van der Waals surface area contributed by atoms with E-state index in [0.717, 1.165) is 4.90 Å². The van der Waals surface area contributed by atoms with Crippen LogP contribution in [0.1, 0.15) is 29.3 Å². The van der Waals surface area contributed by atoms with Crippen molar-refractivity contribution >= 4 is 47.1 Å². The lowest BCUT2D eigenvalue weighted by atomic mass is 10.1. The third-order valence-corrected chi connectivity index (χ3v) is 7.24. The molecule has 1 aromatic heterocycles. The molecule has 0 aliphatic rings. The number of rotatable bonds is 11. The number of methoxy groups -OCH3 is 1. The Morgan fingerprint density at radius 3 is 2.41 bits per heavy atom. The molecule has 3 amide bonds. The van der Waals surface area contributed by atoms with E-state index in [0.29, 0.717) is 34.8 Å². The van der Waals surface area contributed by atoms with Gasteiger partial charge in [0.15, 0.2) is 0 Å². The van der Waals surface area contributed by atoms with Crippen LogP contribution in [0.4, 0.5) is 11.5 Å². The van der Waals surface area contributed by atoms with Crippen LogP contribution in [-0.2, 0) is 9.59 Å². The summed E-state index contributed by atoms with van der Waals surface area (Å²) in [7, 11) is 1.56. The molecular weight excluding hydrogens is 536 g/mol. The fraction of sp³-hybridized carbons (Fsp3) is 0.125. The van der Waals surface area contributed by atoms with Gasteiger partial charge in [0.1, 0.15) is 17.3 Å². The average Bonchev–Trinajstić information content (AvgIpc) is 3.00. The number of hydrogen-bond acceptors (Lipinski definition) is 6. The molecule has 0 fully saturated rings. The molecule has 0 radical (unpaired) electrons. The fourth-order valence-electron chi connectivity index (χ4n) is 3.82. The van der Waals surface area contributed by atoms with Crippen molar-refractivity contribution in [2.24, 2.45) is 0 Å². The quantitative estimate of drug-likeness (QED) is 0.152. The fourth-order valence-corrected chi connectivity index (χ4v) is 4.83. The highest BCUT2D eigenvalue weighted by atomic mass is 32.2. The van der Waals surface area contributed by atoms with Gasteiger partial charge in [-0.3, -0.25) is 14.4 Å². The first-order chi connectivity index (χ1) is 19.9. The molecule has 0 aliphatic heterocycles. The number of amides is 3. The van der Waals surface area contributed by atoms with Crippen molar-refractivity contribution in [2.45, 2.75) is 23.5 Å². The number of nitrogens with one attached hydrogen (secondary N) is 3. The van der Waals surface area contributed by atoms with Gasteiger partial charge in [0, 0.05) is 22.3 Å². The van der Waals surface area contributed by atoms with E-state index >= 15 is 0 Å². The molecule has 0 spiro atoms. The zero-order valence-corrected chi connectivity index (χ0v) is 23.5. The number of nitrogens with zero attached hydrogens (tertiary/aromatic N) is 1. The first-order valence-electron chi connectivity index (χ1n) is 13.0. The maximum absolute atomic E-state index is 13.4. The zero-order valence-electron chi connectivity index (χ0n) is 22.7. The topological polar surface area (TPSA) is 109 Å². The number of carbonyl (C=O) groups excluding carboxylic acids is 3. The van der Waals surface area contributed by atoms with Crippen molar-refractivity contribution in [3.05, 3.63) is 120 Å². The third-order valence-electron chi connectivity index (χ3n) is 5.88. The van der Waals surface area contributed by atoms with E-state index in [1.165, 1.54) is 11.8 Å². The van der Waals surface area contributed by atoms with Crippen LogP contribution in [0, 0.1) is 0 Å². The van der Waals surface area contributed by atoms with E-state index in [9.17, 15) is 14.4 Å². The van der Waals surface area contributed by atoms with Gasteiger partial charge in [-0.2, -0.15) is 0 Å². The summed E-state index contributed by atoms with van der Waals surface area (Å²) in [6.45, 7) is 1.94. The molecule has 8 nitrogen and oxygen atoms in total. The van der Waals surface area contributed by atoms with Crippen molar-refractivity contribution in [3.63, 3.8) is 0 Å². The minimum absolute atomic E-state index is 0.0614. The van der Waals surface area contributed by atoms with Crippen LogP contribution in [0.25, 0.3) is 6.08 Å². The van der Waals surface area contributed by atoms with Crippen LogP contribution in [0.15, 0.2) is 114 Å². The Morgan fingerprint density at radius 1 is 0.902 bits per heavy atom. The second-order valence-corrected chi connectivity index (χ2v) is 10.1. The molecule has 0 saturated heterocycles. The van der Waals surface area contributed by atoms with Crippen LogP contribution in [0.5, 0.6) is 5.75 Å². The second kappa shape index (κ2) is 14.5. The molecule has 41 heavy (non-hydrogen) atoms. The average molecular weight is 567 g/mol. The molecule has 0 bridgehead atoms. The van der Waals surface area contributed by atoms with E-state index in [4.69, 9.17) is 4.74 Å². The standard InChI is InChI=1S/C32H30N4O4S/c1-3-28(32(39)36-29-17-7-8-18-33-29)41-26-16-10-14-24(21-26)34-31(38)27(20-22-11-9-15-25(19-22)40-2)35-30(37)23-12-5-4-6-13-23/h4-21,28H,3H2,1-2H3,(H,34,38)(H,35,37)(H,33,36,39)/b27-20-. The first-order valence-corrected chi connectivity index (χ1v) is 13.8. The van der Waals surface area contributed by atoms with E-state index in [1.54, 1.807) is 92.2 Å². The molecule has 4 rings (SSSR count). The molecule has 0 aliphatic carbocycles. The van der Waals surface area contributed by atoms with Crippen molar-refractivity contribution in [1.29, 1.82) is 0 Å². The molecule has 4 aromatic rings. The summed E-state index contributed by atoms with van der Waals surface area (Å²) in [6.07, 6.45) is 3.81. The molecule has 1 heterocycles. The Bertz CT molecular complexity index is 1530. The molecule has 1 unspecified atom stereocenters. The molecule has 208 valence electrons.